The number of aliphatic hydroxyl groups is 1. The van der Waals surface area contributed by atoms with Crippen molar-refractivity contribution in [2.24, 2.45) is 0 Å². The van der Waals surface area contributed by atoms with Crippen molar-refractivity contribution in [1.82, 2.24) is 25.1 Å². The van der Waals surface area contributed by atoms with E-state index in [0.717, 1.165) is 25.0 Å². The van der Waals surface area contributed by atoms with E-state index in [9.17, 15) is 23.1 Å². The molecule has 0 radical (unpaired) electrons. The standard InChI is InChI=1S/C18H20F3N5O2/c1-12-22-24-26(23-12)10-14-9-15(18(19,20)21)6-4-13(14)5-7-17(28)25-8-2-3-16(25)11-27/h4-7,9,16,27H,2-3,8,10-11H2,1H3/b7-5+/t16-/m0/s1. The maximum absolute atomic E-state index is 13.1. The van der Waals surface area contributed by atoms with Crippen LogP contribution in [-0.4, -0.2) is 55.3 Å². The average molecular weight is 395 g/mol. The van der Waals surface area contributed by atoms with Gasteiger partial charge in [0.1, 0.15) is 0 Å². The fraction of sp³-hybridized carbons (Fsp3) is 0.444. The molecule has 3 rings (SSSR count). The van der Waals surface area contributed by atoms with Crippen LogP contribution in [0.3, 0.4) is 0 Å². The maximum atomic E-state index is 13.1. The summed E-state index contributed by atoms with van der Waals surface area (Å²) in [4.78, 5) is 15.2. The molecule has 1 aromatic heterocycles. The molecule has 1 fully saturated rings. The van der Waals surface area contributed by atoms with E-state index in [1.54, 1.807) is 11.8 Å². The van der Waals surface area contributed by atoms with Gasteiger partial charge in [0.2, 0.25) is 5.91 Å². The van der Waals surface area contributed by atoms with Crippen molar-refractivity contribution >= 4 is 12.0 Å². The Balaban J connectivity index is 1.87. The molecular weight excluding hydrogens is 375 g/mol. The third kappa shape index (κ3) is 4.56. The number of hydrogen-bond donors (Lipinski definition) is 1. The van der Waals surface area contributed by atoms with Gasteiger partial charge in [0.05, 0.1) is 24.8 Å². The van der Waals surface area contributed by atoms with Gasteiger partial charge in [-0.05, 0) is 54.3 Å². The number of aryl methyl sites for hydroxylation is 1. The minimum Gasteiger partial charge on any atom is -0.394 e. The predicted molar refractivity (Wildman–Crippen MR) is 94.0 cm³/mol. The average Bonchev–Trinajstić information content (AvgIpc) is 3.28. The molecule has 0 aliphatic carbocycles. The van der Waals surface area contributed by atoms with E-state index in [-0.39, 0.29) is 25.1 Å². The molecule has 7 nitrogen and oxygen atoms in total. The van der Waals surface area contributed by atoms with E-state index in [1.807, 2.05) is 0 Å². The van der Waals surface area contributed by atoms with Gasteiger partial charge in [-0.3, -0.25) is 4.79 Å². The number of tetrazole rings is 1. The number of carbonyl (C=O) groups is 1. The summed E-state index contributed by atoms with van der Waals surface area (Å²) < 4.78 is 39.3. The smallest absolute Gasteiger partial charge is 0.394 e. The summed E-state index contributed by atoms with van der Waals surface area (Å²) in [5.74, 6) is 0.125. The van der Waals surface area contributed by atoms with E-state index < -0.39 is 11.7 Å². The van der Waals surface area contributed by atoms with Crippen LogP contribution in [0.4, 0.5) is 13.2 Å². The van der Waals surface area contributed by atoms with Crippen LogP contribution in [0.15, 0.2) is 24.3 Å². The number of nitrogens with zero attached hydrogens (tertiary/aromatic N) is 5. The molecule has 1 saturated heterocycles. The number of hydrogen-bond acceptors (Lipinski definition) is 5. The molecule has 1 atom stereocenters. The summed E-state index contributed by atoms with van der Waals surface area (Å²) in [6.07, 6.45) is -0.135. The van der Waals surface area contributed by atoms with Crippen molar-refractivity contribution < 1.29 is 23.1 Å². The number of rotatable bonds is 5. The van der Waals surface area contributed by atoms with E-state index >= 15 is 0 Å². The Labute approximate surface area is 159 Å². The Hall–Kier alpha value is -2.75. The lowest BCUT2D eigenvalue weighted by Crippen LogP contribution is -2.36. The lowest BCUT2D eigenvalue weighted by Gasteiger charge is -2.21. The van der Waals surface area contributed by atoms with Gasteiger partial charge >= 0.3 is 6.18 Å². The molecule has 1 N–H and O–H groups in total. The Morgan fingerprint density at radius 1 is 1.39 bits per heavy atom. The van der Waals surface area contributed by atoms with Crippen LogP contribution in [0, 0.1) is 6.92 Å². The van der Waals surface area contributed by atoms with Crippen LogP contribution in [0.1, 0.15) is 35.4 Å². The van der Waals surface area contributed by atoms with Crippen LogP contribution in [0.25, 0.3) is 6.08 Å². The fourth-order valence-electron chi connectivity index (χ4n) is 3.20. The molecule has 0 spiro atoms. The van der Waals surface area contributed by atoms with E-state index in [0.29, 0.717) is 23.5 Å². The largest absolute Gasteiger partial charge is 0.416 e. The van der Waals surface area contributed by atoms with Crippen LogP contribution in [0.5, 0.6) is 0 Å². The van der Waals surface area contributed by atoms with Gasteiger partial charge in [-0.15, -0.1) is 10.2 Å². The van der Waals surface area contributed by atoms with Crippen molar-refractivity contribution in [3.05, 3.63) is 46.8 Å². The van der Waals surface area contributed by atoms with Gasteiger partial charge in [0, 0.05) is 12.6 Å². The van der Waals surface area contributed by atoms with Gasteiger partial charge in [-0.1, -0.05) is 6.07 Å². The number of aromatic nitrogens is 4. The molecule has 2 aromatic rings. The molecule has 1 amide bonds. The summed E-state index contributed by atoms with van der Waals surface area (Å²) in [5.41, 5.74) is -0.0184. The first-order chi connectivity index (χ1) is 13.3. The van der Waals surface area contributed by atoms with Crippen LogP contribution >= 0.6 is 0 Å². The summed E-state index contributed by atoms with van der Waals surface area (Å²) in [5, 5.41) is 20.9. The second kappa shape index (κ2) is 8.09. The molecule has 0 bridgehead atoms. The Morgan fingerprint density at radius 2 is 2.18 bits per heavy atom. The fourth-order valence-corrected chi connectivity index (χ4v) is 3.20. The molecule has 10 heteroatoms. The van der Waals surface area contributed by atoms with Crippen LogP contribution in [-0.2, 0) is 17.5 Å². The third-order valence-corrected chi connectivity index (χ3v) is 4.61. The highest BCUT2D eigenvalue weighted by atomic mass is 19.4. The van der Waals surface area contributed by atoms with E-state index in [2.05, 4.69) is 15.4 Å². The van der Waals surface area contributed by atoms with Crippen molar-refractivity contribution in [2.75, 3.05) is 13.2 Å². The Kier molecular flexibility index (Phi) is 5.78. The first kappa shape index (κ1) is 20.0. The Bertz CT molecular complexity index is 878. The Morgan fingerprint density at radius 3 is 2.82 bits per heavy atom. The first-order valence-electron chi connectivity index (χ1n) is 8.82. The van der Waals surface area contributed by atoms with Gasteiger partial charge in [-0.2, -0.15) is 18.0 Å². The lowest BCUT2D eigenvalue weighted by atomic mass is 10.0. The molecule has 28 heavy (non-hydrogen) atoms. The predicted octanol–water partition coefficient (Wildman–Crippen LogP) is 2.05. The minimum atomic E-state index is -4.48. The number of amides is 1. The second-order valence-corrected chi connectivity index (χ2v) is 6.62. The first-order valence-corrected chi connectivity index (χ1v) is 8.82. The molecule has 2 heterocycles. The van der Waals surface area contributed by atoms with Gasteiger partial charge < -0.3 is 10.0 Å². The summed E-state index contributed by atoms with van der Waals surface area (Å²) in [7, 11) is 0. The number of alkyl halides is 3. The number of benzene rings is 1. The monoisotopic (exact) mass is 395 g/mol. The zero-order valence-electron chi connectivity index (χ0n) is 15.2. The van der Waals surface area contributed by atoms with E-state index in [4.69, 9.17) is 0 Å². The van der Waals surface area contributed by atoms with E-state index in [1.165, 1.54) is 23.0 Å². The van der Waals surface area contributed by atoms with Gasteiger partial charge in [0.25, 0.3) is 0 Å². The number of carbonyl (C=O) groups excluding carboxylic acids is 1. The molecule has 0 unspecified atom stereocenters. The van der Waals surface area contributed by atoms with Gasteiger partial charge in [0.15, 0.2) is 5.82 Å². The van der Waals surface area contributed by atoms with Crippen molar-refractivity contribution in [1.29, 1.82) is 0 Å². The van der Waals surface area contributed by atoms with Gasteiger partial charge in [-0.25, -0.2) is 0 Å². The van der Waals surface area contributed by atoms with Crippen molar-refractivity contribution in [2.45, 2.75) is 38.5 Å². The van der Waals surface area contributed by atoms with Crippen LogP contribution in [0.2, 0.25) is 0 Å². The highest BCUT2D eigenvalue weighted by Crippen LogP contribution is 2.31. The highest BCUT2D eigenvalue weighted by Gasteiger charge is 2.31. The molecule has 1 aliphatic heterocycles. The number of aliphatic hydroxyl groups excluding tert-OH is 1. The van der Waals surface area contributed by atoms with Crippen molar-refractivity contribution in [3.63, 3.8) is 0 Å². The lowest BCUT2D eigenvalue weighted by molar-refractivity contribution is -0.137. The maximum Gasteiger partial charge on any atom is 0.416 e. The second-order valence-electron chi connectivity index (χ2n) is 6.62. The zero-order valence-corrected chi connectivity index (χ0v) is 15.2. The molecular formula is C18H20F3N5O2. The molecule has 1 aromatic carbocycles. The zero-order chi connectivity index (χ0) is 20.3. The highest BCUT2D eigenvalue weighted by molar-refractivity contribution is 5.92. The molecule has 150 valence electrons. The SMILES string of the molecule is Cc1nnn(Cc2cc(C(F)(F)F)ccc2/C=C/C(=O)N2CCC[C@H]2CO)n1. The molecule has 0 saturated carbocycles. The quantitative estimate of drug-likeness (QED) is 0.784. The minimum absolute atomic E-state index is 0.0123. The summed E-state index contributed by atoms with van der Waals surface area (Å²) in [6, 6.07) is 3.10. The van der Waals surface area contributed by atoms with Crippen molar-refractivity contribution in [3.8, 4) is 0 Å². The number of likely N-dealkylation sites (tertiary alicyclic amines) is 1. The number of halogens is 3. The normalized spacial score (nSPS) is 17.6. The molecule has 1 aliphatic rings. The summed E-state index contributed by atoms with van der Waals surface area (Å²) >= 11 is 0. The topological polar surface area (TPSA) is 84.1 Å². The summed E-state index contributed by atoms with van der Waals surface area (Å²) in [6.45, 7) is 2.06. The van der Waals surface area contributed by atoms with Crippen LogP contribution < -0.4 is 0 Å². The third-order valence-electron chi connectivity index (χ3n) is 4.61.